The van der Waals surface area contributed by atoms with Crippen molar-refractivity contribution in [2.45, 2.75) is 131 Å². The molecule has 5 rings (SSSR count). The zero-order valence-electron chi connectivity index (χ0n) is 37.2. The first-order chi connectivity index (χ1) is 29.4. The largest absolute Gasteiger partial charge is 0.489 e. The summed E-state index contributed by atoms with van der Waals surface area (Å²) in [4.78, 5) is 33.1. The Morgan fingerprint density at radius 2 is 1.07 bits per heavy atom. The number of unbranched alkanes of at least 4 members (excludes halogenated alkanes) is 4. The van der Waals surface area contributed by atoms with Crippen LogP contribution < -0.4 is 9.62 Å². The number of aliphatic imine (C=N–C) groups is 2. The summed E-state index contributed by atoms with van der Waals surface area (Å²) in [5.74, 6) is 0.930. The number of aromatic nitrogens is 3. The van der Waals surface area contributed by atoms with E-state index in [4.69, 9.17) is 34.0 Å². The minimum absolute atomic E-state index is 0.120. The van der Waals surface area contributed by atoms with Crippen LogP contribution in [-0.2, 0) is 52.9 Å². The summed E-state index contributed by atoms with van der Waals surface area (Å²) >= 11 is 0. The first-order valence-corrected chi connectivity index (χ1v) is 22.5. The van der Waals surface area contributed by atoms with Gasteiger partial charge in [0.2, 0.25) is 5.75 Å². The summed E-state index contributed by atoms with van der Waals surface area (Å²) in [7, 11) is 0. The maximum atomic E-state index is 9.87. The highest BCUT2D eigenvalue weighted by Crippen LogP contribution is 2.41. The summed E-state index contributed by atoms with van der Waals surface area (Å²) < 4.78 is 17.6. The molecule has 6 bridgehead atoms. The Kier molecular flexibility index (Phi) is 19.5. The zero-order chi connectivity index (χ0) is 42.7. The first kappa shape index (κ1) is 46.9. The van der Waals surface area contributed by atoms with Crippen molar-refractivity contribution < 1.29 is 34.2 Å². The van der Waals surface area contributed by atoms with Gasteiger partial charge < -0.3 is 44.3 Å². The van der Waals surface area contributed by atoms with E-state index < -0.39 is 0 Å². The number of hydrogen-bond acceptors (Lipinski definition) is 9. The van der Waals surface area contributed by atoms with E-state index in [1.54, 1.807) is 0 Å². The van der Waals surface area contributed by atoms with Crippen molar-refractivity contribution in [3.8, 4) is 11.5 Å². The van der Waals surface area contributed by atoms with Crippen LogP contribution in [0.4, 0.5) is 11.4 Å². The quantitative estimate of drug-likeness (QED) is 0.0223. The highest BCUT2D eigenvalue weighted by Gasteiger charge is 2.23. The lowest BCUT2D eigenvalue weighted by Gasteiger charge is -2.14. The standard InChI is InChI=1S/C48H71N5O7/c1-7-11-12-13-14-22-58-47-29-43-44(30-48(47)60-59-26-25-57-24-23-56-21-8-2)50-32-46-34(6)38(18-16-20-55)42(53-46)28-40-36(10-4)35(9-3)39(51-40)27-41-37(17-15-19-54)33(5)45(52-41)31-49-43/h29-32,51-55H,7-28H2,1-6H3/b49-31+,50-32+. The number of aromatic amines is 3. The number of ether oxygens (including phenoxy) is 3. The normalized spacial score (nSPS) is 13.7. The monoisotopic (exact) mass is 830 g/mol. The van der Waals surface area contributed by atoms with Crippen molar-refractivity contribution in [1.82, 2.24) is 15.0 Å². The molecular formula is C48H71N5O7. The Hall–Kier alpha value is -4.20. The van der Waals surface area contributed by atoms with Gasteiger partial charge in [0.25, 0.3) is 0 Å². The summed E-state index contributed by atoms with van der Waals surface area (Å²) in [6, 6.07) is 3.71. The topological polar surface area (TPSA) is 159 Å². The number of H-pyrrole nitrogens is 3. The molecule has 1 aromatic carbocycles. The third kappa shape index (κ3) is 12.7. The number of aliphatic hydroxyl groups is 2. The van der Waals surface area contributed by atoms with Gasteiger partial charge in [0.05, 0.1) is 61.6 Å². The van der Waals surface area contributed by atoms with E-state index in [0.29, 0.717) is 75.0 Å². The molecule has 0 fully saturated rings. The lowest BCUT2D eigenvalue weighted by molar-refractivity contribution is -0.216. The SMILES string of the molecule is CCCCCCCOc1cc2c(cc1OOCCOCCOCCC)/N=C/c1[nH]c(c(CCCO)c1C)Cc1[nH]c(c(CC)c1CC)Cc1[nH]c(c(C)c1CCCO)/C=N/2. The molecule has 0 unspecified atom stereocenters. The van der Waals surface area contributed by atoms with Gasteiger partial charge in [0.15, 0.2) is 5.75 Å². The summed E-state index contributed by atoms with van der Waals surface area (Å²) in [6.07, 6.45) is 16.4. The fourth-order valence-corrected chi connectivity index (χ4v) is 8.14. The van der Waals surface area contributed by atoms with Crippen molar-refractivity contribution in [2.75, 3.05) is 52.9 Å². The van der Waals surface area contributed by atoms with Crippen molar-refractivity contribution in [3.05, 3.63) is 79.7 Å². The average molecular weight is 830 g/mol. The van der Waals surface area contributed by atoms with Crippen molar-refractivity contribution in [3.63, 3.8) is 0 Å². The Morgan fingerprint density at radius 1 is 0.550 bits per heavy atom. The van der Waals surface area contributed by atoms with Gasteiger partial charge in [-0.2, -0.15) is 4.89 Å². The van der Waals surface area contributed by atoms with Crippen LogP contribution in [0.15, 0.2) is 22.1 Å². The van der Waals surface area contributed by atoms with Gasteiger partial charge in [-0.05, 0) is 98.6 Å². The predicted molar refractivity (Wildman–Crippen MR) is 241 cm³/mol. The second kappa shape index (κ2) is 24.9. The molecule has 4 aromatic rings. The molecule has 5 N–H and O–H groups in total. The number of aliphatic hydroxyl groups excluding tert-OH is 2. The van der Waals surface area contributed by atoms with Gasteiger partial charge >= 0.3 is 0 Å². The third-order valence-electron chi connectivity index (χ3n) is 11.4. The van der Waals surface area contributed by atoms with Crippen LogP contribution in [0.3, 0.4) is 0 Å². The highest BCUT2D eigenvalue weighted by molar-refractivity contribution is 5.88. The fourth-order valence-electron chi connectivity index (χ4n) is 8.14. The van der Waals surface area contributed by atoms with Gasteiger partial charge in [0, 0.05) is 67.6 Å². The number of benzene rings is 1. The molecule has 4 heterocycles. The lowest BCUT2D eigenvalue weighted by Crippen LogP contribution is -2.11. The first-order valence-electron chi connectivity index (χ1n) is 22.5. The predicted octanol–water partition coefficient (Wildman–Crippen LogP) is 9.36. The lowest BCUT2D eigenvalue weighted by atomic mass is 9.97. The molecule has 330 valence electrons. The molecular weight excluding hydrogens is 759 g/mol. The average Bonchev–Trinajstić information content (AvgIpc) is 3.85. The third-order valence-corrected chi connectivity index (χ3v) is 11.4. The van der Waals surface area contributed by atoms with Crippen LogP contribution in [-0.4, -0.2) is 90.4 Å². The molecule has 0 aliphatic carbocycles. The van der Waals surface area contributed by atoms with Crippen LogP contribution in [0, 0.1) is 13.8 Å². The smallest absolute Gasteiger partial charge is 0.209 e. The second-order valence-electron chi connectivity index (χ2n) is 15.7. The number of nitrogens with one attached hydrogen (secondary N) is 3. The van der Waals surface area contributed by atoms with Crippen LogP contribution in [0.1, 0.15) is 147 Å². The van der Waals surface area contributed by atoms with Crippen molar-refractivity contribution in [2.24, 2.45) is 9.98 Å². The van der Waals surface area contributed by atoms with Crippen LogP contribution in [0.25, 0.3) is 0 Å². The minimum atomic E-state index is 0.120. The number of rotatable bonds is 25. The van der Waals surface area contributed by atoms with E-state index in [2.05, 4.69) is 56.5 Å². The molecule has 60 heavy (non-hydrogen) atoms. The Bertz CT molecular complexity index is 1970. The molecule has 3 aromatic heterocycles. The number of hydrogen-bond donors (Lipinski definition) is 5. The van der Waals surface area contributed by atoms with Crippen molar-refractivity contribution in [1.29, 1.82) is 0 Å². The van der Waals surface area contributed by atoms with E-state index >= 15 is 0 Å². The zero-order valence-corrected chi connectivity index (χ0v) is 37.2. The van der Waals surface area contributed by atoms with E-state index in [1.807, 2.05) is 24.6 Å². The number of fused-ring (bicyclic) bond motifs is 7. The van der Waals surface area contributed by atoms with Gasteiger partial charge in [0.1, 0.15) is 6.61 Å². The van der Waals surface area contributed by atoms with E-state index in [-0.39, 0.29) is 19.8 Å². The Balaban J connectivity index is 1.59. The molecule has 0 radical (unpaired) electrons. The molecule has 0 saturated heterocycles. The second-order valence-corrected chi connectivity index (χ2v) is 15.7. The molecule has 1 aliphatic heterocycles. The van der Waals surface area contributed by atoms with Crippen LogP contribution in [0.5, 0.6) is 11.5 Å². The van der Waals surface area contributed by atoms with Crippen LogP contribution >= 0.6 is 0 Å². The molecule has 12 heteroatoms. The maximum Gasteiger partial charge on any atom is 0.209 e. The fraction of sp³-hybridized carbons (Fsp3) is 0.583. The molecule has 12 nitrogen and oxygen atoms in total. The highest BCUT2D eigenvalue weighted by atomic mass is 17.2. The van der Waals surface area contributed by atoms with E-state index in [9.17, 15) is 10.2 Å². The van der Waals surface area contributed by atoms with Crippen LogP contribution in [0.2, 0.25) is 0 Å². The maximum absolute atomic E-state index is 9.87. The van der Waals surface area contributed by atoms with E-state index in [1.165, 1.54) is 52.9 Å². The van der Waals surface area contributed by atoms with Gasteiger partial charge in [-0.1, -0.05) is 53.4 Å². The van der Waals surface area contributed by atoms with Gasteiger partial charge in [-0.15, -0.1) is 0 Å². The molecule has 0 spiro atoms. The van der Waals surface area contributed by atoms with Gasteiger partial charge in [-0.3, -0.25) is 9.98 Å². The molecule has 1 aliphatic rings. The Morgan fingerprint density at radius 3 is 1.60 bits per heavy atom. The van der Waals surface area contributed by atoms with Crippen molar-refractivity contribution >= 4 is 23.8 Å². The summed E-state index contributed by atoms with van der Waals surface area (Å²) in [6.45, 7) is 16.1. The molecule has 0 saturated carbocycles. The Labute approximate surface area is 357 Å². The molecule has 0 atom stereocenters. The van der Waals surface area contributed by atoms with Gasteiger partial charge in [-0.25, -0.2) is 0 Å². The minimum Gasteiger partial charge on any atom is -0.489 e. The number of nitrogens with zero attached hydrogens (tertiary/aromatic N) is 2. The summed E-state index contributed by atoms with van der Waals surface area (Å²) in [5, 5.41) is 19.7. The molecule has 0 amide bonds. The summed E-state index contributed by atoms with van der Waals surface area (Å²) in [5.41, 5.74) is 15.1. The van der Waals surface area contributed by atoms with E-state index in [0.717, 1.165) is 85.5 Å².